The average Bonchev–Trinajstić information content (AvgIpc) is 3.25. The Morgan fingerprint density at radius 1 is 1.11 bits per heavy atom. The molecule has 4 rings (SSSR count). The molecule has 1 fully saturated rings. The van der Waals surface area contributed by atoms with Gasteiger partial charge in [-0.05, 0) is 61.6 Å². The van der Waals surface area contributed by atoms with E-state index in [1.807, 2.05) is 0 Å². The van der Waals surface area contributed by atoms with E-state index in [4.69, 9.17) is 9.47 Å². The molecule has 0 saturated heterocycles. The third-order valence-electron chi connectivity index (χ3n) is 4.77. The fourth-order valence-electron chi connectivity index (χ4n) is 3.47. The largest absolute Gasteiger partial charge is 0.508 e. The zero-order valence-corrected chi connectivity index (χ0v) is 14.9. The summed E-state index contributed by atoms with van der Waals surface area (Å²) in [5, 5.41) is 9.53. The second kappa shape index (κ2) is 7.50. The predicted octanol–water partition coefficient (Wildman–Crippen LogP) is 4.77. The van der Waals surface area contributed by atoms with Crippen molar-refractivity contribution in [1.29, 1.82) is 0 Å². The van der Waals surface area contributed by atoms with Gasteiger partial charge in [0.1, 0.15) is 11.5 Å². The standard InChI is InChI=1S/C21H18F2O5/c22-21(23)28-17-8-5-12(10-19(17)26-14-3-1-2-4-14)9-16-15-7-6-13(24)11-18(15)27-20(16)25/h5-11,14,21,24H,1-4H2/b16-9-. The summed E-state index contributed by atoms with van der Waals surface area (Å²) in [5.74, 6) is -0.0983. The Balaban J connectivity index is 1.68. The van der Waals surface area contributed by atoms with E-state index in [-0.39, 0.29) is 29.1 Å². The van der Waals surface area contributed by atoms with E-state index in [1.165, 1.54) is 18.2 Å². The van der Waals surface area contributed by atoms with Crippen molar-refractivity contribution < 1.29 is 32.9 Å². The second-order valence-electron chi connectivity index (χ2n) is 6.74. The summed E-state index contributed by atoms with van der Waals surface area (Å²) in [6.45, 7) is -2.96. The number of carbonyl (C=O) groups is 1. The maximum absolute atomic E-state index is 12.7. The second-order valence-corrected chi connectivity index (χ2v) is 6.74. The first-order valence-electron chi connectivity index (χ1n) is 9.02. The smallest absolute Gasteiger partial charge is 0.387 e. The quantitative estimate of drug-likeness (QED) is 0.454. The minimum atomic E-state index is -2.96. The zero-order valence-electron chi connectivity index (χ0n) is 14.9. The molecule has 0 aromatic heterocycles. The van der Waals surface area contributed by atoms with Gasteiger partial charge in [0, 0.05) is 11.6 Å². The third-order valence-corrected chi connectivity index (χ3v) is 4.77. The highest BCUT2D eigenvalue weighted by atomic mass is 19.3. The lowest BCUT2D eigenvalue weighted by atomic mass is 10.0. The maximum atomic E-state index is 12.7. The van der Waals surface area contributed by atoms with Crippen LogP contribution in [0.15, 0.2) is 36.4 Å². The van der Waals surface area contributed by atoms with Crippen LogP contribution in [0.2, 0.25) is 0 Å². The van der Waals surface area contributed by atoms with Crippen LogP contribution in [0.5, 0.6) is 23.0 Å². The van der Waals surface area contributed by atoms with Crippen molar-refractivity contribution in [3.05, 3.63) is 47.5 Å². The first-order valence-corrected chi connectivity index (χ1v) is 9.02. The highest BCUT2D eigenvalue weighted by molar-refractivity contribution is 6.26. The van der Waals surface area contributed by atoms with E-state index < -0.39 is 12.6 Å². The molecule has 5 nitrogen and oxygen atoms in total. The molecule has 0 radical (unpaired) electrons. The number of aromatic hydroxyl groups is 1. The highest BCUT2D eigenvalue weighted by Crippen LogP contribution is 2.39. The summed E-state index contributed by atoms with van der Waals surface area (Å²) in [6, 6.07) is 8.96. The fourth-order valence-corrected chi connectivity index (χ4v) is 3.47. The first kappa shape index (κ1) is 18.3. The third kappa shape index (κ3) is 3.78. The van der Waals surface area contributed by atoms with Crippen molar-refractivity contribution in [2.75, 3.05) is 0 Å². The van der Waals surface area contributed by atoms with Crippen molar-refractivity contribution in [3.8, 4) is 23.0 Å². The molecule has 0 bridgehead atoms. The van der Waals surface area contributed by atoms with Crippen LogP contribution in [-0.4, -0.2) is 23.8 Å². The molecule has 0 amide bonds. The van der Waals surface area contributed by atoms with Crippen LogP contribution >= 0.6 is 0 Å². The van der Waals surface area contributed by atoms with Gasteiger partial charge in [0.05, 0.1) is 11.7 Å². The number of alkyl halides is 2. The summed E-state index contributed by atoms with van der Waals surface area (Å²) in [5.41, 5.74) is 1.45. The molecule has 1 saturated carbocycles. The summed E-state index contributed by atoms with van der Waals surface area (Å²) in [4.78, 5) is 12.2. The summed E-state index contributed by atoms with van der Waals surface area (Å²) in [7, 11) is 0. The first-order chi connectivity index (χ1) is 13.5. The molecular formula is C21H18F2O5. The van der Waals surface area contributed by atoms with Crippen molar-refractivity contribution in [3.63, 3.8) is 0 Å². The van der Waals surface area contributed by atoms with Gasteiger partial charge in [0.2, 0.25) is 0 Å². The molecule has 1 aliphatic heterocycles. The Labute approximate surface area is 160 Å². The van der Waals surface area contributed by atoms with Crippen LogP contribution in [-0.2, 0) is 4.79 Å². The molecule has 0 unspecified atom stereocenters. The van der Waals surface area contributed by atoms with Gasteiger partial charge >= 0.3 is 12.6 Å². The minimum Gasteiger partial charge on any atom is -0.508 e. The van der Waals surface area contributed by atoms with Gasteiger partial charge in [-0.1, -0.05) is 6.07 Å². The number of halogens is 2. The molecule has 7 heteroatoms. The van der Waals surface area contributed by atoms with Gasteiger partial charge in [-0.2, -0.15) is 8.78 Å². The number of phenols is 1. The lowest BCUT2D eigenvalue weighted by Gasteiger charge is -2.17. The Bertz CT molecular complexity index is 932. The molecule has 0 spiro atoms. The van der Waals surface area contributed by atoms with Gasteiger partial charge in [0.15, 0.2) is 11.5 Å². The Morgan fingerprint density at radius 2 is 1.89 bits per heavy atom. The summed E-state index contributed by atoms with van der Waals surface area (Å²) >= 11 is 0. The Hall–Kier alpha value is -3.09. The van der Waals surface area contributed by atoms with Crippen molar-refractivity contribution in [2.24, 2.45) is 0 Å². The predicted molar refractivity (Wildman–Crippen MR) is 97.6 cm³/mol. The number of hydrogen-bond acceptors (Lipinski definition) is 5. The topological polar surface area (TPSA) is 65.0 Å². The number of fused-ring (bicyclic) bond motifs is 1. The van der Waals surface area contributed by atoms with Crippen LogP contribution in [0.1, 0.15) is 36.8 Å². The number of ether oxygens (including phenoxy) is 3. The number of hydrogen-bond donors (Lipinski definition) is 1. The Morgan fingerprint density at radius 3 is 2.64 bits per heavy atom. The summed E-state index contributed by atoms with van der Waals surface area (Å²) in [6.07, 6.45) is 5.36. The lowest BCUT2D eigenvalue weighted by molar-refractivity contribution is -0.126. The minimum absolute atomic E-state index is 0.00597. The lowest BCUT2D eigenvalue weighted by Crippen LogP contribution is -2.13. The molecule has 1 aliphatic carbocycles. The SMILES string of the molecule is O=C1Oc2cc(O)ccc2/C1=C/c1ccc(OC(F)F)c(OC2CCCC2)c1. The zero-order chi connectivity index (χ0) is 19.7. The van der Waals surface area contributed by atoms with Gasteiger partial charge < -0.3 is 19.3 Å². The van der Waals surface area contributed by atoms with E-state index >= 15 is 0 Å². The van der Waals surface area contributed by atoms with E-state index in [2.05, 4.69) is 4.74 Å². The van der Waals surface area contributed by atoms with E-state index in [0.29, 0.717) is 16.7 Å². The number of rotatable bonds is 5. The highest BCUT2D eigenvalue weighted by Gasteiger charge is 2.27. The van der Waals surface area contributed by atoms with Crippen LogP contribution in [0.3, 0.4) is 0 Å². The van der Waals surface area contributed by atoms with E-state index in [1.54, 1.807) is 24.3 Å². The van der Waals surface area contributed by atoms with Crippen molar-refractivity contribution >= 4 is 17.6 Å². The van der Waals surface area contributed by atoms with Gasteiger partial charge in [-0.3, -0.25) is 0 Å². The van der Waals surface area contributed by atoms with Crippen LogP contribution < -0.4 is 14.2 Å². The average molecular weight is 388 g/mol. The van der Waals surface area contributed by atoms with E-state index in [0.717, 1.165) is 25.7 Å². The van der Waals surface area contributed by atoms with Crippen molar-refractivity contribution in [1.82, 2.24) is 0 Å². The van der Waals surface area contributed by atoms with Gasteiger partial charge in [-0.25, -0.2) is 4.79 Å². The Kier molecular flexibility index (Phi) is 4.90. The van der Waals surface area contributed by atoms with Gasteiger partial charge in [0.25, 0.3) is 0 Å². The number of phenolic OH excluding ortho intramolecular Hbond substituents is 1. The molecule has 1 N–H and O–H groups in total. The maximum Gasteiger partial charge on any atom is 0.387 e. The molecule has 2 aromatic rings. The normalized spacial score (nSPS) is 17.8. The fraction of sp³-hybridized carbons (Fsp3) is 0.286. The molecule has 2 aromatic carbocycles. The molecule has 28 heavy (non-hydrogen) atoms. The molecule has 146 valence electrons. The molecular weight excluding hydrogens is 370 g/mol. The molecule has 1 heterocycles. The van der Waals surface area contributed by atoms with Crippen molar-refractivity contribution in [2.45, 2.75) is 38.4 Å². The van der Waals surface area contributed by atoms with Crippen LogP contribution in [0.25, 0.3) is 11.6 Å². The van der Waals surface area contributed by atoms with Gasteiger partial charge in [-0.15, -0.1) is 0 Å². The van der Waals surface area contributed by atoms with Crippen LogP contribution in [0, 0.1) is 0 Å². The number of carbonyl (C=O) groups excluding carboxylic acids is 1. The number of esters is 1. The molecule has 0 atom stereocenters. The van der Waals surface area contributed by atoms with Crippen LogP contribution in [0.4, 0.5) is 8.78 Å². The monoisotopic (exact) mass is 388 g/mol. The van der Waals surface area contributed by atoms with E-state index in [9.17, 15) is 18.7 Å². The molecule has 2 aliphatic rings. The summed E-state index contributed by atoms with van der Waals surface area (Å²) < 4.78 is 41.1. The number of benzene rings is 2.